The van der Waals surface area contributed by atoms with E-state index < -0.39 is 28.5 Å². The highest BCUT2D eigenvalue weighted by atomic mass is 35.5. The molecule has 1 atom stereocenters. The molecule has 3 aromatic carbocycles. The number of amides is 2. The third kappa shape index (κ3) is 7.36. The monoisotopic (exact) mass is 555 g/mol. The van der Waals surface area contributed by atoms with Gasteiger partial charge in [0.15, 0.2) is 0 Å². The summed E-state index contributed by atoms with van der Waals surface area (Å²) in [5.41, 5.74) is 2.14. The highest BCUT2D eigenvalue weighted by Gasteiger charge is 2.32. The van der Waals surface area contributed by atoms with Gasteiger partial charge in [0.05, 0.1) is 10.6 Å². The molecule has 0 bridgehead atoms. The van der Waals surface area contributed by atoms with Crippen molar-refractivity contribution in [1.82, 2.24) is 10.2 Å². The van der Waals surface area contributed by atoms with E-state index >= 15 is 0 Å². The van der Waals surface area contributed by atoms with Gasteiger partial charge in [-0.15, -0.1) is 0 Å². The summed E-state index contributed by atoms with van der Waals surface area (Å²) < 4.78 is 28.6. The van der Waals surface area contributed by atoms with Gasteiger partial charge in [-0.25, -0.2) is 8.42 Å². The van der Waals surface area contributed by atoms with Crippen LogP contribution in [0.2, 0.25) is 5.02 Å². The Kier molecular flexibility index (Phi) is 10.3. The number of halogens is 1. The lowest BCUT2D eigenvalue weighted by Gasteiger charge is -2.32. The number of nitrogens with one attached hydrogen (secondary N) is 1. The third-order valence-electron chi connectivity index (χ3n) is 6.20. The number of aryl methyl sites for hydroxylation is 1. The molecule has 2 amide bonds. The molecule has 0 fully saturated rings. The van der Waals surface area contributed by atoms with Crippen LogP contribution in [0, 0.1) is 0 Å². The van der Waals surface area contributed by atoms with E-state index in [2.05, 4.69) is 5.32 Å². The number of anilines is 1. The summed E-state index contributed by atoms with van der Waals surface area (Å²) in [5.74, 6) is -0.824. The van der Waals surface area contributed by atoms with E-state index in [1.807, 2.05) is 32.0 Å². The van der Waals surface area contributed by atoms with Gasteiger partial charge in [-0.2, -0.15) is 0 Å². The van der Waals surface area contributed by atoms with E-state index in [0.29, 0.717) is 17.3 Å². The van der Waals surface area contributed by atoms with Crippen LogP contribution in [0.5, 0.6) is 0 Å². The van der Waals surface area contributed by atoms with E-state index in [9.17, 15) is 18.0 Å². The summed E-state index contributed by atoms with van der Waals surface area (Å²) in [7, 11) is -4.08. The number of carbonyl (C=O) groups is 2. The van der Waals surface area contributed by atoms with Crippen molar-refractivity contribution in [2.75, 3.05) is 17.4 Å². The van der Waals surface area contributed by atoms with Crippen molar-refractivity contribution < 1.29 is 18.0 Å². The van der Waals surface area contributed by atoms with Crippen molar-refractivity contribution in [2.45, 2.75) is 51.1 Å². The first-order valence-corrected chi connectivity index (χ1v) is 14.5. The van der Waals surface area contributed by atoms with Crippen LogP contribution in [0.3, 0.4) is 0 Å². The summed E-state index contributed by atoms with van der Waals surface area (Å²) in [6.07, 6.45) is 1.54. The number of benzene rings is 3. The maximum Gasteiger partial charge on any atom is 0.264 e. The standard InChI is InChI=1S/C29H34ClN3O4S/c1-4-18-31-29(35)22(3)32(20-24-10-9-11-25(30)19-24)28(34)21-33(26-16-14-23(5-2)15-17-26)38(36,37)27-12-7-6-8-13-27/h6-17,19,22H,4-5,18,20-21H2,1-3H3,(H,31,35)/t22-/m0/s1. The Balaban J connectivity index is 2.01. The molecule has 0 aromatic heterocycles. The van der Waals surface area contributed by atoms with Crippen molar-refractivity contribution in [3.8, 4) is 0 Å². The zero-order chi connectivity index (χ0) is 27.7. The summed E-state index contributed by atoms with van der Waals surface area (Å²) in [6.45, 7) is 5.68. The van der Waals surface area contributed by atoms with Crippen molar-refractivity contribution in [3.05, 3.63) is 95.0 Å². The molecule has 0 heterocycles. The van der Waals surface area contributed by atoms with Crippen molar-refractivity contribution in [3.63, 3.8) is 0 Å². The van der Waals surface area contributed by atoms with Crippen molar-refractivity contribution in [2.24, 2.45) is 0 Å². The van der Waals surface area contributed by atoms with Gasteiger partial charge in [-0.3, -0.25) is 13.9 Å². The number of sulfonamides is 1. The first-order valence-electron chi connectivity index (χ1n) is 12.7. The number of nitrogens with zero attached hydrogens (tertiary/aromatic N) is 2. The van der Waals surface area contributed by atoms with Crippen LogP contribution in [0.15, 0.2) is 83.8 Å². The van der Waals surface area contributed by atoms with Crippen LogP contribution >= 0.6 is 11.6 Å². The first-order chi connectivity index (χ1) is 18.2. The molecular weight excluding hydrogens is 522 g/mol. The van der Waals surface area contributed by atoms with Crippen LogP contribution in [0.25, 0.3) is 0 Å². The molecule has 3 rings (SSSR count). The molecule has 0 spiro atoms. The summed E-state index contributed by atoms with van der Waals surface area (Å²) in [6, 6.07) is 21.3. The predicted octanol–water partition coefficient (Wildman–Crippen LogP) is 5.04. The maximum atomic E-state index is 13.8. The molecule has 202 valence electrons. The molecule has 0 aliphatic heterocycles. The van der Waals surface area contributed by atoms with Gasteiger partial charge in [-0.05, 0) is 67.3 Å². The number of hydrogen-bond donors (Lipinski definition) is 1. The molecule has 3 aromatic rings. The Morgan fingerprint density at radius 2 is 1.61 bits per heavy atom. The molecule has 9 heteroatoms. The Morgan fingerprint density at radius 3 is 2.21 bits per heavy atom. The predicted molar refractivity (Wildman–Crippen MR) is 152 cm³/mol. The summed E-state index contributed by atoms with van der Waals surface area (Å²) in [4.78, 5) is 28.2. The zero-order valence-corrected chi connectivity index (χ0v) is 23.5. The minimum Gasteiger partial charge on any atom is -0.354 e. The van der Waals surface area contributed by atoms with E-state index in [4.69, 9.17) is 11.6 Å². The molecule has 38 heavy (non-hydrogen) atoms. The summed E-state index contributed by atoms with van der Waals surface area (Å²) >= 11 is 6.16. The second-order valence-corrected chi connectivity index (χ2v) is 11.3. The molecule has 0 aliphatic carbocycles. The minimum atomic E-state index is -4.08. The van der Waals surface area contributed by atoms with E-state index in [1.54, 1.807) is 55.5 Å². The van der Waals surface area contributed by atoms with Crippen LogP contribution in [-0.4, -0.2) is 44.3 Å². The van der Waals surface area contributed by atoms with Crippen LogP contribution in [0.4, 0.5) is 5.69 Å². The molecule has 1 N–H and O–H groups in total. The van der Waals surface area contributed by atoms with E-state index in [-0.39, 0.29) is 17.3 Å². The Morgan fingerprint density at radius 1 is 0.921 bits per heavy atom. The highest BCUT2D eigenvalue weighted by molar-refractivity contribution is 7.92. The fraction of sp³-hybridized carbons (Fsp3) is 0.310. The van der Waals surface area contributed by atoms with Gasteiger partial charge < -0.3 is 10.2 Å². The Hall–Kier alpha value is -3.36. The number of rotatable bonds is 12. The average Bonchev–Trinajstić information content (AvgIpc) is 2.93. The van der Waals surface area contributed by atoms with E-state index in [1.165, 1.54) is 17.0 Å². The second kappa shape index (κ2) is 13.4. The Bertz CT molecular complexity index is 1330. The van der Waals surface area contributed by atoms with Crippen molar-refractivity contribution >= 4 is 39.1 Å². The van der Waals surface area contributed by atoms with Crippen LogP contribution in [-0.2, 0) is 32.6 Å². The van der Waals surface area contributed by atoms with Crippen LogP contribution < -0.4 is 9.62 Å². The van der Waals surface area contributed by atoms with Gasteiger partial charge in [-0.1, -0.05) is 67.9 Å². The zero-order valence-electron chi connectivity index (χ0n) is 21.9. The van der Waals surface area contributed by atoms with Gasteiger partial charge >= 0.3 is 0 Å². The molecule has 7 nitrogen and oxygen atoms in total. The minimum absolute atomic E-state index is 0.0718. The molecular formula is C29H34ClN3O4S. The van der Waals surface area contributed by atoms with Crippen molar-refractivity contribution in [1.29, 1.82) is 0 Å². The maximum absolute atomic E-state index is 13.8. The third-order valence-corrected chi connectivity index (χ3v) is 8.22. The van der Waals surface area contributed by atoms with Gasteiger partial charge in [0, 0.05) is 18.1 Å². The lowest BCUT2D eigenvalue weighted by Crippen LogP contribution is -2.51. The normalized spacial score (nSPS) is 12.0. The lowest BCUT2D eigenvalue weighted by molar-refractivity contribution is -0.139. The molecule has 0 saturated heterocycles. The smallest absolute Gasteiger partial charge is 0.264 e. The molecule has 0 aliphatic rings. The Labute approximate surface area is 230 Å². The molecule has 0 saturated carbocycles. The number of carbonyl (C=O) groups excluding carboxylic acids is 2. The largest absolute Gasteiger partial charge is 0.354 e. The quantitative estimate of drug-likeness (QED) is 0.339. The highest BCUT2D eigenvalue weighted by Crippen LogP contribution is 2.25. The number of hydrogen-bond acceptors (Lipinski definition) is 4. The average molecular weight is 556 g/mol. The second-order valence-electron chi connectivity index (χ2n) is 8.96. The van der Waals surface area contributed by atoms with Crippen LogP contribution in [0.1, 0.15) is 38.3 Å². The van der Waals surface area contributed by atoms with Gasteiger partial charge in [0.2, 0.25) is 11.8 Å². The lowest BCUT2D eigenvalue weighted by atomic mass is 10.1. The fourth-order valence-corrected chi connectivity index (χ4v) is 5.60. The first kappa shape index (κ1) is 29.2. The SMILES string of the molecule is CCCNC(=O)[C@H](C)N(Cc1cccc(Cl)c1)C(=O)CN(c1ccc(CC)cc1)S(=O)(=O)c1ccccc1. The topological polar surface area (TPSA) is 86.8 Å². The molecule has 0 unspecified atom stereocenters. The van der Waals surface area contributed by atoms with Gasteiger partial charge in [0.1, 0.15) is 12.6 Å². The van der Waals surface area contributed by atoms with E-state index in [0.717, 1.165) is 28.3 Å². The fourth-order valence-electron chi connectivity index (χ4n) is 3.96. The van der Waals surface area contributed by atoms with Gasteiger partial charge in [0.25, 0.3) is 10.0 Å². The molecule has 0 radical (unpaired) electrons. The summed E-state index contributed by atoms with van der Waals surface area (Å²) in [5, 5.41) is 3.33.